The maximum atomic E-state index is 11.8. The molecule has 2 aromatic rings. The number of hydrogen-bond donors (Lipinski definition) is 3. The zero-order valence-electron chi connectivity index (χ0n) is 12.7. The van der Waals surface area contributed by atoms with Crippen molar-refractivity contribution < 1.29 is 9.59 Å². The van der Waals surface area contributed by atoms with Gasteiger partial charge in [-0.05, 0) is 12.5 Å². The zero-order valence-corrected chi connectivity index (χ0v) is 14.3. The number of rotatable bonds is 6. The second-order valence-corrected chi connectivity index (χ2v) is 7.11. The molecule has 3 amide bonds. The van der Waals surface area contributed by atoms with E-state index in [1.165, 1.54) is 30.1 Å². The van der Waals surface area contributed by atoms with Crippen molar-refractivity contribution in [1.82, 2.24) is 20.8 Å². The van der Waals surface area contributed by atoms with Gasteiger partial charge in [0.25, 0.3) is 0 Å². The third kappa shape index (κ3) is 5.53. The molecule has 1 heterocycles. The van der Waals surface area contributed by atoms with E-state index in [-0.39, 0.29) is 5.91 Å². The van der Waals surface area contributed by atoms with Gasteiger partial charge in [0.1, 0.15) is 0 Å². The van der Waals surface area contributed by atoms with Crippen LogP contribution in [0.1, 0.15) is 12.5 Å². The largest absolute Gasteiger partial charge is 0.356 e. The van der Waals surface area contributed by atoms with E-state index in [0.29, 0.717) is 16.0 Å². The smallest absolute Gasteiger partial charge is 0.321 e. The first-order chi connectivity index (χ1) is 11.1. The highest BCUT2D eigenvalue weighted by molar-refractivity contribution is 8.02. The molecule has 3 N–H and O–H groups in total. The maximum Gasteiger partial charge on any atom is 0.321 e. The first-order valence-corrected chi connectivity index (χ1v) is 8.58. The van der Waals surface area contributed by atoms with Crippen LogP contribution in [0.5, 0.6) is 0 Å². The van der Waals surface area contributed by atoms with E-state index < -0.39 is 11.3 Å². The van der Waals surface area contributed by atoms with Gasteiger partial charge in [0.2, 0.25) is 11.0 Å². The van der Waals surface area contributed by atoms with Crippen molar-refractivity contribution in [1.29, 1.82) is 0 Å². The summed E-state index contributed by atoms with van der Waals surface area (Å²) >= 11 is 2.63. The summed E-state index contributed by atoms with van der Waals surface area (Å²) in [4.78, 5) is 22.9. The topological polar surface area (TPSA) is 96.0 Å². The molecule has 2 rings (SSSR count). The number of nitrogens with one attached hydrogen (secondary N) is 3. The predicted molar refractivity (Wildman–Crippen MR) is 91.6 cm³/mol. The normalized spacial score (nSPS) is 11.6. The second kappa shape index (κ2) is 8.49. The van der Waals surface area contributed by atoms with Crippen LogP contribution in [0.4, 0.5) is 9.93 Å². The first kappa shape index (κ1) is 17.2. The van der Waals surface area contributed by atoms with Crippen LogP contribution in [0.3, 0.4) is 0 Å². The van der Waals surface area contributed by atoms with Crippen molar-refractivity contribution in [2.75, 3.05) is 12.4 Å². The summed E-state index contributed by atoms with van der Waals surface area (Å²) in [6, 6.07) is 9.44. The summed E-state index contributed by atoms with van der Waals surface area (Å²) in [6.07, 6.45) is 0. The van der Waals surface area contributed by atoms with E-state index in [2.05, 4.69) is 26.1 Å². The zero-order chi connectivity index (χ0) is 16.7. The lowest BCUT2D eigenvalue weighted by Crippen LogP contribution is -2.41. The van der Waals surface area contributed by atoms with Gasteiger partial charge < -0.3 is 10.6 Å². The lowest BCUT2D eigenvalue weighted by atomic mass is 10.2. The minimum absolute atomic E-state index is 0.372. The number of amides is 3. The van der Waals surface area contributed by atoms with Crippen molar-refractivity contribution >= 4 is 40.2 Å². The van der Waals surface area contributed by atoms with Gasteiger partial charge in [-0.1, -0.05) is 53.4 Å². The van der Waals surface area contributed by atoms with Crippen LogP contribution < -0.4 is 16.0 Å². The van der Waals surface area contributed by atoms with E-state index in [9.17, 15) is 9.59 Å². The van der Waals surface area contributed by atoms with Crippen molar-refractivity contribution in [2.45, 2.75) is 23.1 Å². The van der Waals surface area contributed by atoms with Crippen LogP contribution in [-0.4, -0.2) is 34.4 Å². The second-order valence-electron chi connectivity index (χ2n) is 4.54. The van der Waals surface area contributed by atoms with Gasteiger partial charge in [-0.3, -0.25) is 10.1 Å². The van der Waals surface area contributed by atoms with E-state index >= 15 is 0 Å². The molecule has 23 heavy (non-hydrogen) atoms. The van der Waals surface area contributed by atoms with E-state index in [4.69, 9.17) is 0 Å². The molecule has 0 radical (unpaired) electrons. The molecule has 0 spiro atoms. The summed E-state index contributed by atoms with van der Waals surface area (Å²) in [6.45, 7) is 2.37. The number of anilines is 1. The molecule has 0 aliphatic rings. The Balaban J connectivity index is 1.84. The highest BCUT2D eigenvalue weighted by Gasteiger charge is 2.18. The Morgan fingerprint density at radius 2 is 2.00 bits per heavy atom. The van der Waals surface area contributed by atoms with Gasteiger partial charge >= 0.3 is 6.03 Å². The van der Waals surface area contributed by atoms with Crippen LogP contribution in [0.2, 0.25) is 0 Å². The van der Waals surface area contributed by atoms with Crippen LogP contribution in [-0.2, 0) is 11.3 Å². The maximum absolute atomic E-state index is 11.8. The summed E-state index contributed by atoms with van der Waals surface area (Å²) in [5.41, 5.74) is 1.15. The lowest BCUT2D eigenvalue weighted by molar-refractivity contribution is -0.119. The highest BCUT2D eigenvalue weighted by Crippen LogP contribution is 2.29. The molecule has 0 aliphatic carbocycles. The molecule has 1 unspecified atom stereocenters. The van der Waals surface area contributed by atoms with Crippen LogP contribution in [0, 0.1) is 0 Å². The van der Waals surface area contributed by atoms with E-state index in [1.54, 1.807) is 6.92 Å². The van der Waals surface area contributed by atoms with Gasteiger partial charge in [0.15, 0.2) is 4.34 Å². The summed E-state index contributed by atoms with van der Waals surface area (Å²) in [5.74, 6) is -0.372. The molecule has 9 heteroatoms. The quantitative estimate of drug-likeness (QED) is 0.690. The number of aromatic nitrogens is 2. The van der Waals surface area contributed by atoms with Gasteiger partial charge in [0, 0.05) is 13.6 Å². The number of benzene rings is 1. The van der Waals surface area contributed by atoms with Gasteiger partial charge in [0.05, 0.1) is 5.25 Å². The number of urea groups is 1. The Morgan fingerprint density at radius 1 is 1.26 bits per heavy atom. The third-order valence-electron chi connectivity index (χ3n) is 2.80. The molecule has 1 atom stereocenters. The van der Waals surface area contributed by atoms with Gasteiger partial charge in [-0.2, -0.15) is 0 Å². The number of carbonyl (C=O) groups is 2. The fraction of sp³-hybridized carbons (Fsp3) is 0.286. The van der Waals surface area contributed by atoms with E-state index in [0.717, 1.165) is 5.56 Å². The highest BCUT2D eigenvalue weighted by atomic mass is 32.2. The minimum Gasteiger partial charge on any atom is -0.356 e. The monoisotopic (exact) mass is 351 g/mol. The molecule has 0 saturated heterocycles. The van der Waals surface area contributed by atoms with Gasteiger partial charge in [-0.25, -0.2) is 4.79 Å². The van der Waals surface area contributed by atoms with Crippen molar-refractivity contribution in [3.8, 4) is 0 Å². The average molecular weight is 351 g/mol. The molecule has 7 nitrogen and oxygen atoms in total. The van der Waals surface area contributed by atoms with Crippen LogP contribution >= 0.6 is 23.1 Å². The fourth-order valence-corrected chi connectivity index (χ4v) is 3.47. The van der Waals surface area contributed by atoms with Crippen molar-refractivity contribution in [3.63, 3.8) is 0 Å². The summed E-state index contributed by atoms with van der Waals surface area (Å²) in [5, 5.41) is 16.1. The van der Waals surface area contributed by atoms with Crippen LogP contribution in [0.25, 0.3) is 0 Å². The third-order valence-corrected chi connectivity index (χ3v) is 4.87. The molecule has 122 valence electrons. The Bertz CT molecular complexity index is 662. The minimum atomic E-state index is -0.523. The SMILES string of the molecule is CNC(=O)NC(=O)C(C)Sc1nnc(NCc2ccccc2)s1. The summed E-state index contributed by atoms with van der Waals surface area (Å²) < 4.78 is 0.667. The van der Waals surface area contributed by atoms with E-state index in [1.807, 2.05) is 30.3 Å². The molecule has 1 aromatic carbocycles. The number of nitrogens with zero attached hydrogens (tertiary/aromatic N) is 2. The Kier molecular flexibility index (Phi) is 6.36. The van der Waals surface area contributed by atoms with Gasteiger partial charge in [-0.15, -0.1) is 10.2 Å². The van der Waals surface area contributed by atoms with Crippen LogP contribution in [0.15, 0.2) is 34.7 Å². The molecular weight excluding hydrogens is 334 g/mol. The molecule has 1 aromatic heterocycles. The molecule has 0 bridgehead atoms. The molecule has 0 aliphatic heterocycles. The molecule has 0 fully saturated rings. The molecular formula is C14H17N5O2S2. The van der Waals surface area contributed by atoms with Crippen molar-refractivity contribution in [3.05, 3.63) is 35.9 Å². The predicted octanol–water partition coefficient (Wildman–Crippen LogP) is 2.09. The standard InChI is InChI=1S/C14H17N5O2S2/c1-9(11(20)17-12(21)15-2)22-14-19-18-13(23-14)16-8-10-6-4-3-5-7-10/h3-7,9H,8H2,1-2H3,(H,16,18)(H2,15,17,20,21). The number of carbonyl (C=O) groups excluding carboxylic acids is 2. The number of imide groups is 1. The average Bonchev–Trinajstić information content (AvgIpc) is 3.01. The summed E-state index contributed by atoms with van der Waals surface area (Å²) in [7, 11) is 1.45. The lowest BCUT2D eigenvalue weighted by Gasteiger charge is -2.08. The first-order valence-electron chi connectivity index (χ1n) is 6.89. The van der Waals surface area contributed by atoms with Crippen molar-refractivity contribution in [2.24, 2.45) is 0 Å². The Morgan fingerprint density at radius 3 is 2.70 bits per heavy atom. The fourth-order valence-electron chi connectivity index (χ4n) is 1.58. The molecule has 0 saturated carbocycles. The number of hydrogen-bond acceptors (Lipinski definition) is 7. The number of thioether (sulfide) groups is 1. The Labute approximate surface area is 142 Å². The Hall–Kier alpha value is -2.13.